The van der Waals surface area contributed by atoms with Crippen molar-refractivity contribution in [3.05, 3.63) is 17.5 Å². The highest BCUT2D eigenvalue weighted by molar-refractivity contribution is 7.89. The van der Waals surface area contributed by atoms with Crippen LogP contribution in [0.2, 0.25) is 0 Å². The highest BCUT2D eigenvalue weighted by atomic mass is 32.2. The minimum atomic E-state index is -3.22. The van der Waals surface area contributed by atoms with Gasteiger partial charge in [0.15, 0.2) is 0 Å². The van der Waals surface area contributed by atoms with Crippen LogP contribution in [0.4, 0.5) is 0 Å². The summed E-state index contributed by atoms with van der Waals surface area (Å²) in [6, 6.07) is 1.86. The quantitative estimate of drug-likeness (QED) is 0.848. The van der Waals surface area contributed by atoms with Gasteiger partial charge in [-0.2, -0.15) is 5.10 Å². The number of nitrogens with one attached hydrogen (secondary N) is 1. The van der Waals surface area contributed by atoms with Crippen LogP contribution >= 0.6 is 0 Å². The first-order chi connectivity index (χ1) is 9.82. The van der Waals surface area contributed by atoms with Crippen LogP contribution < -0.4 is 4.72 Å². The lowest BCUT2D eigenvalue weighted by Crippen LogP contribution is -2.40. The number of rotatable bonds is 5. The number of sulfonamides is 1. The van der Waals surface area contributed by atoms with Gasteiger partial charge in [0.25, 0.3) is 0 Å². The number of nitrogens with zero attached hydrogens (tertiary/aromatic N) is 3. The van der Waals surface area contributed by atoms with Crippen molar-refractivity contribution in [2.75, 3.05) is 12.3 Å². The minimum absolute atomic E-state index is 0.0182. The van der Waals surface area contributed by atoms with Crippen molar-refractivity contribution in [2.24, 2.45) is 5.92 Å². The molecular weight excluding hydrogens is 292 g/mol. The molecule has 2 heterocycles. The molecule has 1 aromatic heterocycles. The van der Waals surface area contributed by atoms with Crippen molar-refractivity contribution in [3.8, 4) is 0 Å². The summed E-state index contributed by atoms with van der Waals surface area (Å²) in [5.41, 5.74) is 1.63. The normalized spacial score (nSPS) is 15.3. The summed E-state index contributed by atoms with van der Waals surface area (Å²) >= 11 is 0. The molecule has 0 aliphatic carbocycles. The molecule has 1 aliphatic rings. The summed E-state index contributed by atoms with van der Waals surface area (Å²) < 4.78 is 27.2. The second-order valence-electron chi connectivity index (χ2n) is 5.49. The van der Waals surface area contributed by atoms with Gasteiger partial charge in [0.05, 0.1) is 36.8 Å². The number of carbonyl (C=O) groups is 1. The van der Waals surface area contributed by atoms with Crippen molar-refractivity contribution in [1.29, 1.82) is 0 Å². The summed E-state index contributed by atoms with van der Waals surface area (Å²) in [7, 11) is -3.22. The number of hydrogen-bond donors (Lipinski definition) is 1. The van der Waals surface area contributed by atoms with Gasteiger partial charge in [0.2, 0.25) is 15.9 Å². The van der Waals surface area contributed by atoms with Gasteiger partial charge in [-0.1, -0.05) is 13.8 Å². The predicted molar refractivity (Wildman–Crippen MR) is 78.8 cm³/mol. The van der Waals surface area contributed by atoms with Crippen LogP contribution in [0, 0.1) is 5.92 Å². The number of hydrogen-bond acceptors (Lipinski definition) is 4. The fourth-order valence-electron chi connectivity index (χ4n) is 2.25. The molecule has 0 radical (unpaired) electrons. The molecule has 1 aromatic rings. The average molecular weight is 314 g/mol. The molecule has 0 aromatic carbocycles. The van der Waals surface area contributed by atoms with E-state index in [2.05, 4.69) is 9.82 Å². The molecule has 0 saturated heterocycles. The van der Waals surface area contributed by atoms with E-state index >= 15 is 0 Å². The van der Waals surface area contributed by atoms with E-state index < -0.39 is 10.0 Å². The molecule has 7 nitrogen and oxygen atoms in total. The molecule has 0 unspecified atom stereocenters. The maximum absolute atomic E-state index is 12.0. The number of carbonyl (C=O) groups excluding carboxylic acids is 1. The van der Waals surface area contributed by atoms with Crippen molar-refractivity contribution in [2.45, 2.75) is 40.4 Å². The van der Waals surface area contributed by atoms with Gasteiger partial charge in [0.1, 0.15) is 0 Å². The molecule has 0 fully saturated rings. The van der Waals surface area contributed by atoms with Crippen LogP contribution in [0.15, 0.2) is 6.07 Å². The first-order valence-electron chi connectivity index (χ1n) is 7.14. The predicted octanol–water partition coefficient (Wildman–Crippen LogP) is 0.321. The van der Waals surface area contributed by atoms with Crippen LogP contribution in [0.3, 0.4) is 0 Å². The van der Waals surface area contributed by atoms with E-state index in [4.69, 9.17) is 0 Å². The van der Waals surface area contributed by atoms with Gasteiger partial charge in [0, 0.05) is 12.5 Å². The van der Waals surface area contributed by atoms with Gasteiger partial charge in [-0.3, -0.25) is 9.48 Å². The molecule has 1 amide bonds. The number of amides is 1. The molecule has 0 saturated carbocycles. The van der Waals surface area contributed by atoms with E-state index in [9.17, 15) is 13.2 Å². The van der Waals surface area contributed by atoms with Gasteiger partial charge >= 0.3 is 0 Å². The molecule has 0 atom stereocenters. The molecule has 2 rings (SSSR count). The summed E-state index contributed by atoms with van der Waals surface area (Å²) in [6.45, 7) is 7.38. The minimum Gasteiger partial charge on any atom is -0.335 e. The van der Waals surface area contributed by atoms with E-state index in [-0.39, 0.29) is 24.1 Å². The molecule has 1 N–H and O–H groups in total. The average Bonchev–Trinajstić information content (AvgIpc) is 2.86. The highest BCUT2D eigenvalue weighted by Crippen LogP contribution is 2.16. The van der Waals surface area contributed by atoms with Crippen LogP contribution in [-0.2, 0) is 34.5 Å². The van der Waals surface area contributed by atoms with Gasteiger partial charge in [-0.05, 0) is 13.0 Å². The summed E-state index contributed by atoms with van der Waals surface area (Å²) in [4.78, 5) is 13.8. The smallest absolute Gasteiger partial charge is 0.225 e. The molecule has 1 aliphatic heterocycles. The van der Waals surface area contributed by atoms with Crippen molar-refractivity contribution in [1.82, 2.24) is 19.4 Å². The summed E-state index contributed by atoms with van der Waals surface area (Å²) in [5.74, 6) is 0.169. The molecule has 118 valence electrons. The lowest BCUT2D eigenvalue weighted by atomic mass is 10.1. The Bertz CT molecular complexity index is 621. The van der Waals surface area contributed by atoms with Crippen LogP contribution in [-0.4, -0.2) is 41.3 Å². The Morgan fingerprint density at radius 1 is 1.43 bits per heavy atom. The molecule has 0 spiro atoms. The Kier molecular flexibility index (Phi) is 4.67. The third-order valence-corrected chi connectivity index (χ3v) is 4.85. The van der Waals surface area contributed by atoms with E-state index in [1.54, 1.807) is 6.92 Å². The van der Waals surface area contributed by atoms with Crippen molar-refractivity contribution < 1.29 is 13.2 Å². The third-order valence-electron chi connectivity index (χ3n) is 3.51. The highest BCUT2D eigenvalue weighted by Gasteiger charge is 2.24. The zero-order chi connectivity index (χ0) is 15.6. The Balaban J connectivity index is 2.04. The molecule has 21 heavy (non-hydrogen) atoms. The van der Waals surface area contributed by atoms with Crippen LogP contribution in [0.5, 0.6) is 0 Å². The zero-order valence-electron chi connectivity index (χ0n) is 12.7. The Labute approximate surface area is 125 Å². The fourth-order valence-corrected chi connectivity index (χ4v) is 2.82. The second-order valence-corrected chi connectivity index (χ2v) is 7.58. The standard InChI is InChI=1S/C13H22N4O3S/c1-4-21(19,20)14-8-11-7-12-9-16(13(18)10(2)3)5-6-17(12)15-11/h7,10,14H,4-6,8-9H2,1-3H3. The van der Waals surface area contributed by atoms with Crippen molar-refractivity contribution >= 4 is 15.9 Å². The van der Waals surface area contributed by atoms with Crippen LogP contribution in [0.25, 0.3) is 0 Å². The molecule has 0 bridgehead atoms. The van der Waals surface area contributed by atoms with Gasteiger partial charge in [-0.15, -0.1) is 0 Å². The van der Waals surface area contributed by atoms with Gasteiger partial charge < -0.3 is 4.90 Å². The third kappa shape index (κ3) is 3.82. The van der Waals surface area contributed by atoms with E-state index in [1.807, 2.05) is 29.5 Å². The summed E-state index contributed by atoms with van der Waals surface area (Å²) in [6.07, 6.45) is 0. The maximum atomic E-state index is 12.0. The van der Waals surface area contributed by atoms with E-state index in [0.29, 0.717) is 25.3 Å². The van der Waals surface area contributed by atoms with E-state index in [0.717, 1.165) is 5.69 Å². The second kappa shape index (κ2) is 6.15. The fraction of sp³-hybridized carbons (Fsp3) is 0.692. The lowest BCUT2D eigenvalue weighted by Gasteiger charge is -2.29. The monoisotopic (exact) mass is 314 g/mol. The topological polar surface area (TPSA) is 84.3 Å². The first kappa shape index (κ1) is 16.0. The largest absolute Gasteiger partial charge is 0.335 e. The van der Waals surface area contributed by atoms with Gasteiger partial charge in [-0.25, -0.2) is 13.1 Å². The summed E-state index contributed by atoms with van der Waals surface area (Å²) in [5, 5.41) is 4.38. The van der Waals surface area contributed by atoms with Crippen LogP contribution in [0.1, 0.15) is 32.2 Å². The first-order valence-corrected chi connectivity index (χ1v) is 8.79. The Morgan fingerprint density at radius 2 is 2.14 bits per heavy atom. The number of fused-ring (bicyclic) bond motifs is 1. The number of aromatic nitrogens is 2. The maximum Gasteiger partial charge on any atom is 0.225 e. The Hall–Kier alpha value is -1.41. The SMILES string of the molecule is CCS(=O)(=O)NCc1cc2n(n1)CCN(C(=O)C(C)C)C2. The molecule has 8 heteroatoms. The van der Waals surface area contributed by atoms with E-state index in [1.165, 1.54) is 0 Å². The molecular formula is C13H22N4O3S. The van der Waals surface area contributed by atoms with Crippen molar-refractivity contribution in [3.63, 3.8) is 0 Å². The lowest BCUT2D eigenvalue weighted by molar-refractivity contribution is -0.136. The zero-order valence-corrected chi connectivity index (χ0v) is 13.5. The Morgan fingerprint density at radius 3 is 2.76 bits per heavy atom.